The summed E-state index contributed by atoms with van der Waals surface area (Å²) in [4.78, 5) is 14.7. The van der Waals surface area contributed by atoms with Gasteiger partial charge in [-0.3, -0.25) is 9.48 Å². The van der Waals surface area contributed by atoms with Crippen molar-refractivity contribution < 1.29 is 18.0 Å². The standard InChI is InChI=1S/C16H22ClF3N4O/c1-9(15(25)21-11-5-7-23(2)8-6-11)24-13(10-3-4-10)12(17)14(22-24)16(18,19)20/h9-11H,3-8H2,1-2H3,(H,21,25). The van der Waals surface area contributed by atoms with Gasteiger partial charge in [0, 0.05) is 12.0 Å². The molecule has 0 bridgehead atoms. The Kier molecular flexibility index (Phi) is 5.03. The molecule has 25 heavy (non-hydrogen) atoms. The minimum atomic E-state index is -4.63. The van der Waals surface area contributed by atoms with Gasteiger partial charge in [-0.05, 0) is 52.7 Å². The van der Waals surface area contributed by atoms with E-state index in [1.807, 2.05) is 7.05 Å². The summed E-state index contributed by atoms with van der Waals surface area (Å²) in [6.07, 6.45) is -1.43. The van der Waals surface area contributed by atoms with Crippen LogP contribution in [0.25, 0.3) is 0 Å². The van der Waals surface area contributed by atoms with Crippen LogP contribution in [0.4, 0.5) is 13.2 Å². The zero-order chi connectivity index (χ0) is 18.4. The highest BCUT2D eigenvalue weighted by Gasteiger charge is 2.43. The summed E-state index contributed by atoms with van der Waals surface area (Å²) in [6, 6.07) is -0.785. The van der Waals surface area contributed by atoms with Gasteiger partial charge in [-0.2, -0.15) is 18.3 Å². The predicted octanol–water partition coefficient (Wildman–Crippen LogP) is 3.20. The number of nitrogens with zero attached hydrogens (tertiary/aromatic N) is 3. The van der Waals surface area contributed by atoms with Crippen LogP contribution >= 0.6 is 11.6 Å². The van der Waals surface area contributed by atoms with Gasteiger partial charge >= 0.3 is 6.18 Å². The van der Waals surface area contributed by atoms with Crippen LogP contribution in [-0.4, -0.2) is 46.8 Å². The Labute approximate surface area is 149 Å². The number of rotatable bonds is 4. The number of nitrogens with one attached hydrogen (secondary N) is 1. The molecule has 140 valence electrons. The van der Waals surface area contributed by atoms with Gasteiger partial charge in [-0.25, -0.2) is 0 Å². The molecule has 1 atom stereocenters. The predicted molar refractivity (Wildman–Crippen MR) is 87.6 cm³/mol. The lowest BCUT2D eigenvalue weighted by atomic mass is 10.1. The molecule has 1 N–H and O–H groups in total. The zero-order valence-electron chi connectivity index (χ0n) is 14.2. The average molecular weight is 379 g/mol. The highest BCUT2D eigenvalue weighted by molar-refractivity contribution is 6.32. The fourth-order valence-corrected chi connectivity index (χ4v) is 3.60. The van der Waals surface area contributed by atoms with Crippen molar-refractivity contribution in [1.29, 1.82) is 0 Å². The molecule has 5 nitrogen and oxygen atoms in total. The van der Waals surface area contributed by atoms with Crippen LogP contribution in [0.3, 0.4) is 0 Å². The van der Waals surface area contributed by atoms with Crippen molar-refractivity contribution in [3.63, 3.8) is 0 Å². The molecule has 9 heteroatoms. The van der Waals surface area contributed by atoms with Crippen LogP contribution < -0.4 is 5.32 Å². The molecule has 1 saturated carbocycles. The highest BCUT2D eigenvalue weighted by Crippen LogP contribution is 2.47. The SMILES string of the molecule is CC(C(=O)NC1CCN(C)CC1)n1nc(C(F)(F)F)c(Cl)c1C1CC1. The monoisotopic (exact) mass is 378 g/mol. The smallest absolute Gasteiger partial charge is 0.351 e. The van der Waals surface area contributed by atoms with Crippen LogP contribution in [-0.2, 0) is 11.0 Å². The number of likely N-dealkylation sites (tertiary alicyclic amines) is 1. The van der Waals surface area contributed by atoms with Gasteiger partial charge in [0.15, 0.2) is 5.69 Å². The Bertz CT molecular complexity index is 649. The third-order valence-electron chi connectivity index (χ3n) is 4.93. The lowest BCUT2D eigenvalue weighted by Crippen LogP contribution is -2.45. The van der Waals surface area contributed by atoms with E-state index in [0.717, 1.165) is 38.8 Å². The molecule has 1 unspecified atom stereocenters. The number of carbonyl (C=O) groups excluding carboxylic acids is 1. The number of alkyl halides is 3. The number of piperidine rings is 1. The maximum atomic E-state index is 13.1. The highest BCUT2D eigenvalue weighted by atomic mass is 35.5. The van der Waals surface area contributed by atoms with Crippen LogP contribution in [0.15, 0.2) is 0 Å². The largest absolute Gasteiger partial charge is 0.436 e. The van der Waals surface area contributed by atoms with Gasteiger partial charge in [0.05, 0.1) is 10.7 Å². The second-order valence-corrected chi connectivity index (χ2v) is 7.40. The fourth-order valence-electron chi connectivity index (χ4n) is 3.21. The van der Waals surface area contributed by atoms with Crippen molar-refractivity contribution in [3.8, 4) is 0 Å². The molecule has 2 fully saturated rings. The molecule has 2 aliphatic rings. The van der Waals surface area contributed by atoms with Gasteiger partial charge in [-0.15, -0.1) is 0 Å². The first kappa shape index (κ1) is 18.5. The third kappa shape index (κ3) is 3.95. The lowest BCUT2D eigenvalue weighted by molar-refractivity contribution is -0.141. The van der Waals surface area contributed by atoms with Gasteiger partial charge in [0.25, 0.3) is 0 Å². The first-order valence-electron chi connectivity index (χ1n) is 8.52. The molecule has 0 aromatic carbocycles. The minimum Gasteiger partial charge on any atom is -0.351 e. The van der Waals surface area contributed by atoms with Crippen LogP contribution in [0.1, 0.15) is 56.0 Å². The zero-order valence-corrected chi connectivity index (χ0v) is 15.0. The van der Waals surface area contributed by atoms with Crippen LogP contribution in [0.2, 0.25) is 5.02 Å². The molecule has 0 radical (unpaired) electrons. The van der Waals surface area contributed by atoms with E-state index < -0.39 is 17.9 Å². The molecular weight excluding hydrogens is 357 g/mol. The van der Waals surface area contributed by atoms with E-state index in [4.69, 9.17) is 11.6 Å². The van der Waals surface area contributed by atoms with Gasteiger partial charge in [-0.1, -0.05) is 11.6 Å². The van der Waals surface area contributed by atoms with E-state index in [1.165, 1.54) is 4.68 Å². The average Bonchev–Trinajstić information content (AvgIpc) is 3.30. The van der Waals surface area contributed by atoms with E-state index in [9.17, 15) is 18.0 Å². The summed E-state index contributed by atoms with van der Waals surface area (Å²) in [5.41, 5.74) is -0.768. The normalized spacial score (nSPS) is 21.4. The Balaban J connectivity index is 1.79. The quantitative estimate of drug-likeness (QED) is 0.875. The van der Waals surface area contributed by atoms with E-state index >= 15 is 0 Å². The number of hydrogen-bond donors (Lipinski definition) is 1. The Hall–Kier alpha value is -1.28. The van der Waals surface area contributed by atoms with E-state index in [-0.39, 0.29) is 22.9 Å². The van der Waals surface area contributed by atoms with Crippen LogP contribution in [0, 0.1) is 0 Å². The summed E-state index contributed by atoms with van der Waals surface area (Å²) < 4.78 is 40.6. The van der Waals surface area contributed by atoms with Gasteiger partial charge in [0.2, 0.25) is 5.91 Å². The molecule has 1 aliphatic heterocycles. The van der Waals surface area contributed by atoms with Crippen molar-refractivity contribution in [2.75, 3.05) is 20.1 Å². The second kappa shape index (κ2) is 6.79. The lowest BCUT2D eigenvalue weighted by Gasteiger charge is -2.30. The Morgan fingerprint density at radius 2 is 1.88 bits per heavy atom. The van der Waals surface area contributed by atoms with Crippen molar-refractivity contribution in [2.45, 2.75) is 56.8 Å². The fraction of sp³-hybridized carbons (Fsp3) is 0.750. The van der Waals surface area contributed by atoms with Crippen molar-refractivity contribution in [3.05, 3.63) is 16.4 Å². The number of amides is 1. The first-order chi connectivity index (χ1) is 11.7. The molecule has 1 aliphatic carbocycles. The van der Waals surface area contributed by atoms with E-state index in [0.29, 0.717) is 5.69 Å². The number of aromatic nitrogens is 2. The molecular formula is C16H22ClF3N4O. The number of halogens is 4. The molecule has 1 amide bonds. The summed E-state index contributed by atoms with van der Waals surface area (Å²) in [5.74, 6) is -0.362. The van der Waals surface area contributed by atoms with Gasteiger partial charge in [0.1, 0.15) is 6.04 Å². The molecule has 0 spiro atoms. The van der Waals surface area contributed by atoms with Crippen molar-refractivity contribution in [2.24, 2.45) is 0 Å². The Morgan fingerprint density at radius 1 is 1.28 bits per heavy atom. The number of carbonyl (C=O) groups is 1. The summed E-state index contributed by atoms with van der Waals surface area (Å²) in [5, 5.41) is 6.23. The first-order valence-corrected chi connectivity index (χ1v) is 8.90. The molecule has 2 heterocycles. The molecule has 1 saturated heterocycles. The van der Waals surface area contributed by atoms with E-state index in [2.05, 4.69) is 15.3 Å². The molecule has 1 aromatic heterocycles. The van der Waals surface area contributed by atoms with Crippen LogP contribution in [0.5, 0.6) is 0 Å². The third-order valence-corrected chi connectivity index (χ3v) is 5.30. The maximum Gasteiger partial charge on any atom is 0.436 e. The molecule has 3 rings (SSSR count). The van der Waals surface area contributed by atoms with Gasteiger partial charge < -0.3 is 10.2 Å². The van der Waals surface area contributed by atoms with Crippen molar-refractivity contribution in [1.82, 2.24) is 20.0 Å². The Morgan fingerprint density at radius 3 is 2.40 bits per heavy atom. The second-order valence-electron chi connectivity index (χ2n) is 7.03. The summed E-state index contributed by atoms with van der Waals surface area (Å²) in [6.45, 7) is 3.34. The van der Waals surface area contributed by atoms with E-state index in [1.54, 1.807) is 6.92 Å². The van der Waals surface area contributed by atoms with Crippen molar-refractivity contribution >= 4 is 17.5 Å². The minimum absolute atomic E-state index is 0.0450. The maximum absolute atomic E-state index is 13.1. The summed E-state index contributed by atoms with van der Waals surface area (Å²) in [7, 11) is 2.02. The topological polar surface area (TPSA) is 50.2 Å². The number of hydrogen-bond acceptors (Lipinski definition) is 3. The molecule has 1 aromatic rings. The summed E-state index contributed by atoms with van der Waals surface area (Å²) >= 11 is 5.97.